The molecule has 0 aromatic heterocycles. The van der Waals surface area contributed by atoms with Crippen LogP contribution in [0.5, 0.6) is 0 Å². The molecule has 1 heterocycles. The van der Waals surface area contributed by atoms with Gasteiger partial charge in [-0.1, -0.05) is 41.9 Å². The number of carbonyl (C=O) groups excluding carboxylic acids is 1. The van der Waals surface area contributed by atoms with Gasteiger partial charge in [-0.3, -0.25) is 4.79 Å². The summed E-state index contributed by atoms with van der Waals surface area (Å²) in [5.41, 5.74) is 2.92. The van der Waals surface area contributed by atoms with Crippen LogP contribution in [0.15, 0.2) is 51.8 Å². The number of amides is 1. The number of carbonyl (C=O) groups is 1. The number of halogens is 1. The van der Waals surface area contributed by atoms with E-state index in [-0.39, 0.29) is 17.3 Å². The second kappa shape index (κ2) is 8.12. The molecule has 0 bridgehead atoms. The molecular formula is C20H23BrN2O3S. The summed E-state index contributed by atoms with van der Waals surface area (Å²) in [7, 11) is -3.56. The van der Waals surface area contributed by atoms with E-state index in [2.05, 4.69) is 20.7 Å². The van der Waals surface area contributed by atoms with Crippen LogP contribution in [0.4, 0.5) is 5.69 Å². The molecule has 0 aliphatic carbocycles. The van der Waals surface area contributed by atoms with Crippen molar-refractivity contribution in [2.75, 3.05) is 11.4 Å². The highest BCUT2D eigenvalue weighted by atomic mass is 79.9. The van der Waals surface area contributed by atoms with Crippen molar-refractivity contribution >= 4 is 37.5 Å². The maximum Gasteiger partial charge on any atom is 0.240 e. The lowest BCUT2D eigenvalue weighted by molar-refractivity contribution is -0.119. The fourth-order valence-corrected chi connectivity index (χ4v) is 4.44. The first kappa shape index (κ1) is 20.0. The number of hydrogen-bond donors (Lipinski definition) is 1. The molecule has 1 aliphatic heterocycles. The van der Waals surface area contributed by atoms with Crippen molar-refractivity contribution in [2.24, 2.45) is 5.92 Å². The van der Waals surface area contributed by atoms with Gasteiger partial charge < -0.3 is 4.90 Å². The number of anilines is 1. The molecule has 0 unspecified atom stereocenters. The zero-order chi connectivity index (χ0) is 19.6. The summed E-state index contributed by atoms with van der Waals surface area (Å²) in [5.74, 6) is 0.473. The molecule has 144 valence electrons. The molecule has 2 aromatic carbocycles. The number of nitrogens with one attached hydrogen (secondary N) is 1. The van der Waals surface area contributed by atoms with Crippen LogP contribution in [0, 0.1) is 5.92 Å². The van der Waals surface area contributed by atoms with E-state index in [0.29, 0.717) is 18.9 Å². The number of rotatable bonds is 6. The SMILES string of the molecule is CC(C)CC(=O)N1CCc2cc(CNS(=O)(=O)c3ccc(Br)cc3)ccc21. The lowest BCUT2D eigenvalue weighted by Gasteiger charge is -2.18. The molecule has 2 aromatic rings. The molecule has 1 N–H and O–H groups in total. The van der Waals surface area contributed by atoms with Crippen LogP contribution < -0.4 is 9.62 Å². The monoisotopic (exact) mass is 450 g/mol. The van der Waals surface area contributed by atoms with Crippen LogP contribution in [0.1, 0.15) is 31.4 Å². The van der Waals surface area contributed by atoms with Gasteiger partial charge in [-0.05, 0) is 53.8 Å². The van der Waals surface area contributed by atoms with Crippen LogP contribution in [0.3, 0.4) is 0 Å². The maximum atomic E-state index is 12.4. The first-order valence-electron chi connectivity index (χ1n) is 8.93. The van der Waals surface area contributed by atoms with E-state index in [1.54, 1.807) is 24.3 Å². The molecule has 0 atom stereocenters. The molecule has 0 fully saturated rings. The minimum absolute atomic E-state index is 0.146. The molecule has 0 radical (unpaired) electrons. The van der Waals surface area contributed by atoms with E-state index in [4.69, 9.17) is 0 Å². The van der Waals surface area contributed by atoms with E-state index < -0.39 is 10.0 Å². The van der Waals surface area contributed by atoms with Crippen LogP contribution in [-0.4, -0.2) is 20.9 Å². The Morgan fingerprint density at radius 3 is 2.56 bits per heavy atom. The summed E-state index contributed by atoms with van der Waals surface area (Å²) in [6.45, 7) is 4.98. The average molecular weight is 451 g/mol. The van der Waals surface area contributed by atoms with Gasteiger partial charge in [-0.2, -0.15) is 0 Å². The van der Waals surface area contributed by atoms with Crippen molar-refractivity contribution in [3.8, 4) is 0 Å². The lowest BCUT2D eigenvalue weighted by atomic mass is 10.1. The lowest BCUT2D eigenvalue weighted by Crippen LogP contribution is -2.29. The number of benzene rings is 2. The molecule has 3 rings (SSSR count). The molecule has 27 heavy (non-hydrogen) atoms. The summed E-state index contributed by atoms with van der Waals surface area (Å²) in [5, 5.41) is 0. The van der Waals surface area contributed by atoms with Gasteiger partial charge in [0.25, 0.3) is 0 Å². The minimum atomic E-state index is -3.56. The summed E-state index contributed by atoms with van der Waals surface area (Å²) < 4.78 is 28.3. The second-order valence-corrected chi connectivity index (χ2v) is 9.82. The van der Waals surface area contributed by atoms with Gasteiger partial charge >= 0.3 is 0 Å². The smallest absolute Gasteiger partial charge is 0.240 e. The Hall–Kier alpha value is -1.70. The molecule has 1 aliphatic rings. The van der Waals surface area contributed by atoms with Crippen molar-refractivity contribution in [2.45, 2.75) is 38.1 Å². The van der Waals surface area contributed by atoms with Crippen LogP contribution in [0.25, 0.3) is 0 Å². The molecule has 0 saturated carbocycles. The first-order chi connectivity index (χ1) is 12.8. The zero-order valence-corrected chi connectivity index (χ0v) is 17.8. The number of nitrogens with zero attached hydrogens (tertiary/aromatic N) is 1. The maximum absolute atomic E-state index is 12.4. The van der Waals surface area contributed by atoms with Gasteiger partial charge in [0.2, 0.25) is 15.9 Å². The predicted molar refractivity (Wildman–Crippen MR) is 110 cm³/mol. The predicted octanol–water partition coefficient (Wildman–Crippen LogP) is 3.86. The molecule has 7 heteroatoms. The van der Waals surface area contributed by atoms with Crippen LogP contribution in [0.2, 0.25) is 0 Å². The highest BCUT2D eigenvalue weighted by Crippen LogP contribution is 2.30. The van der Waals surface area contributed by atoms with Crippen molar-refractivity contribution in [1.82, 2.24) is 4.72 Å². The Balaban J connectivity index is 1.69. The molecular weight excluding hydrogens is 428 g/mol. The van der Waals surface area contributed by atoms with E-state index >= 15 is 0 Å². The Bertz CT molecular complexity index is 940. The van der Waals surface area contributed by atoms with Gasteiger partial charge in [0, 0.05) is 29.7 Å². The van der Waals surface area contributed by atoms with Gasteiger partial charge in [0.1, 0.15) is 0 Å². The van der Waals surface area contributed by atoms with E-state index in [1.165, 1.54) is 0 Å². The van der Waals surface area contributed by atoms with Gasteiger partial charge in [-0.25, -0.2) is 13.1 Å². The average Bonchev–Trinajstić information content (AvgIpc) is 3.03. The van der Waals surface area contributed by atoms with Crippen molar-refractivity contribution < 1.29 is 13.2 Å². The summed E-state index contributed by atoms with van der Waals surface area (Å²) in [4.78, 5) is 14.4. The van der Waals surface area contributed by atoms with Crippen molar-refractivity contribution in [3.05, 3.63) is 58.1 Å². The molecule has 5 nitrogen and oxygen atoms in total. The van der Waals surface area contributed by atoms with Crippen molar-refractivity contribution in [3.63, 3.8) is 0 Å². The quantitative estimate of drug-likeness (QED) is 0.726. The van der Waals surface area contributed by atoms with Gasteiger partial charge in [0.05, 0.1) is 4.90 Å². The van der Waals surface area contributed by atoms with Crippen LogP contribution in [-0.2, 0) is 27.8 Å². The first-order valence-corrected chi connectivity index (χ1v) is 11.2. The normalized spacial score (nSPS) is 13.9. The highest BCUT2D eigenvalue weighted by molar-refractivity contribution is 9.10. The number of hydrogen-bond acceptors (Lipinski definition) is 3. The zero-order valence-electron chi connectivity index (χ0n) is 15.4. The topological polar surface area (TPSA) is 66.5 Å². The summed E-state index contributed by atoms with van der Waals surface area (Å²) >= 11 is 3.30. The Morgan fingerprint density at radius 2 is 1.89 bits per heavy atom. The third-order valence-corrected chi connectivity index (χ3v) is 6.46. The highest BCUT2D eigenvalue weighted by Gasteiger charge is 2.25. The van der Waals surface area contributed by atoms with E-state index in [0.717, 1.165) is 27.7 Å². The van der Waals surface area contributed by atoms with Crippen molar-refractivity contribution in [1.29, 1.82) is 0 Å². The number of fused-ring (bicyclic) bond motifs is 1. The van der Waals surface area contributed by atoms with Crippen LogP contribution >= 0.6 is 15.9 Å². The fourth-order valence-electron chi connectivity index (χ4n) is 3.16. The molecule has 0 spiro atoms. The number of sulfonamides is 1. The third kappa shape index (κ3) is 4.78. The molecule has 0 saturated heterocycles. The van der Waals surface area contributed by atoms with Gasteiger partial charge in [0.15, 0.2) is 0 Å². The summed E-state index contributed by atoms with van der Waals surface area (Å²) in [6.07, 6.45) is 1.33. The Labute approximate surface area is 169 Å². The minimum Gasteiger partial charge on any atom is -0.312 e. The van der Waals surface area contributed by atoms with Gasteiger partial charge in [-0.15, -0.1) is 0 Å². The Morgan fingerprint density at radius 1 is 1.19 bits per heavy atom. The van der Waals surface area contributed by atoms with E-state index in [1.807, 2.05) is 36.9 Å². The molecule has 1 amide bonds. The summed E-state index contributed by atoms with van der Waals surface area (Å²) in [6, 6.07) is 12.3. The second-order valence-electron chi connectivity index (χ2n) is 7.13. The largest absolute Gasteiger partial charge is 0.312 e. The Kier molecular flexibility index (Phi) is 6.03. The fraction of sp³-hybridized carbons (Fsp3) is 0.350. The third-order valence-electron chi connectivity index (χ3n) is 4.51. The van der Waals surface area contributed by atoms with E-state index in [9.17, 15) is 13.2 Å². The standard InChI is InChI=1S/C20H23BrN2O3S/c1-14(2)11-20(24)23-10-9-16-12-15(3-8-19(16)23)13-22-27(25,26)18-6-4-17(21)5-7-18/h3-8,12,14,22H,9-11,13H2,1-2H3.